The molecule has 92 valence electrons. The van der Waals surface area contributed by atoms with Crippen molar-refractivity contribution in [3.05, 3.63) is 54.6 Å². The number of pyridine rings is 1. The molecule has 18 heavy (non-hydrogen) atoms. The van der Waals surface area contributed by atoms with Gasteiger partial charge in [0, 0.05) is 17.3 Å². The van der Waals surface area contributed by atoms with E-state index >= 15 is 0 Å². The molecule has 0 aliphatic rings. The van der Waals surface area contributed by atoms with Gasteiger partial charge in [-0.2, -0.15) is 0 Å². The third-order valence-electron chi connectivity index (χ3n) is 2.17. The van der Waals surface area contributed by atoms with Crippen molar-refractivity contribution >= 4 is 23.4 Å². The van der Waals surface area contributed by atoms with Crippen LogP contribution in [-0.2, 0) is 4.79 Å². The van der Waals surface area contributed by atoms with Gasteiger partial charge in [0.2, 0.25) is 5.91 Å². The van der Waals surface area contributed by atoms with Crippen molar-refractivity contribution in [2.45, 2.75) is 4.90 Å². The van der Waals surface area contributed by atoms with E-state index in [1.807, 2.05) is 12.1 Å². The predicted molar refractivity (Wildman–Crippen MR) is 70.0 cm³/mol. The Labute approximate surface area is 108 Å². The Morgan fingerprint density at radius 1 is 1.22 bits per heavy atom. The molecule has 0 atom stereocenters. The van der Waals surface area contributed by atoms with Crippen molar-refractivity contribution in [2.75, 3.05) is 11.1 Å². The molecule has 1 heterocycles. The van der Waals surface area contributed by atoms with Gasteiger partial charge in [-0.15, -0.1) is 11.8 Å². The van der Waals surface area contributed by atoms with E-state index in [9.17, 15) is 9.18 Å². The molecular formula is C13H11FN2OS. The van der Waals surface area contributed by atoms with Crippen LogP contribution in [0.2, 0.25) is 0 Å². The van der Waals surface area contributed by atoms with E-state index in [1.165, 1.54) is 23.9 Å². The van der Waals surface area contributed by atoms with Gasteiger partial charge in [0.15, 0.2) is 0 Å². The lowest BCUT2D eigenvalue weighted by atomic mass is 10.3. The zero-order valence-corrected chi connectivity index (χ0v) is 10.3. The lowest BCUT2D eigenvalue weighted by Crippen LogP contribution is -2.14. The van der Waals surface area contributed by atoms with Crippen molar-refractivity contribution in [3.63, 3.8) is 0 Å². The first-order chi connectivity index (χ1) is 8.75. The minimum Gasteiger partial charge on any atom is -0.323 e. The molecule has 0 aliphatic carbocycles. The van der Waals surface area contributed by atoms with Gasteiger partial charge in [0.1, 0.15) is 5.82 Å². The summed E-state index contributed by atoms with van der Waals surface area (Å²) in [6.07, 6.45) is 3.33. The number of carbonyl (C=O) groups is 1. The number of nitrogens with zero attached hydrogens (tertiary/aromatic N) is 1. The average Bonchev–Trinajstić information content (AvgIpc) is 2.40. The van der Waals surface area contributed by atoms with Gasteiger partial charge in [0.25, 0.3) is 0 Å². The lowest BCUT2D eigenvalue weighted by molar-refractivity contribution is -0.113. The Morgan fingerprint density at radius 3 is 2.67 bits per heavy atom. The SMILES string of the molecule is O=C(CSc1ccncc1)Nc1ccccc1F. The van der Waals surface area contributed by atoms with E-state index in [0.717, 1.165) is 4.90 Å². The second-order valence-corrected chi connectivity index (χ2v) is 4.55. The number of amides is 1. The monoisotopic (exact) mass is 262 g/mol. The zero-order valence-electron chi connectivity index (χ0n) is 9.47. The number of para-hydroxylation sites is 1. The third kappa shape index (κ3) is 3.56. The standard InChI is InChI=1S/C13H11FN2OS/c14-11-3-1-2-4-12(11)16-13(17)9-18-10-5-7-15-8-6-10/h1-8H,9H2,(H,16,17). The molecule has 1 aromatic heterocycles. The fraction of sp³-hybridized carbons (Fsp3) is 0.0769. The van der Waals surface area contributed by atoms with Crippen LogP contribution in [0.15, 0.2) is 53.7 Å². The first-order valence-electron chi connectivity index (χ1n) is 5.33. The summed E-state index contributed by atoms with van der Waals surface area (Å²) in [7, 11) is 0. The fourth-order valence-electron chi connectivity index (χ4n) is 1.33. The smallest absolute Gasteiger partial charge is 0.234 e. The van der Waals surface area contributed by atoms with Crippen LogP contribution in [0.1, 0.15) is 0 Å². The highest BCUT2D eigenvalue weighted by Crippen LogP contribution is 2.17. The molecule has 2 rings (SSSR count). The molecule has 2 aromatic rings. The molecule has 3 nitrogen and oxygen atoms in total. The van der Waals surface area contributed by atoms with Crippen molar-refractivity contribution in [3.8, 4) is 0 Å². The Balaban J connectivity index is 1.88. The van der Waals surface area contributed by atoms with E-state index < -0.39 is 5.82 Å². The van der Waals surface area contributed by atoms with Crippen LogP contribution in [0.25, 0.3) is 0 Å². The van der Waals surface area contributed by atoms with Gasteiger partial charge in [-0.3, -0.25) is 9.78 Å². The Morgan fingerprint density at radius 2 is 1.94 bits per heavy atom. The fourth-order valence-corrected chi connectivity index (χ4v) is 2.02. The Hall–Kier alpha value is -1.88. The number of thioether (sulfide) groups is 1. The highest BCUT2D eigenvalue weighted by atomic mass is 32.2. The van der Waals surface area contributed by atoms with E-state index in [0.29, 0.717) is 0 Å². The van der Waals surface area contributed by atoms with Crippen LogP contribution in [0, 0.1) is 5.82 Å². The molecule has 0 unspecified atom stereocenters. The molecule has 0 fully saturated rings. The van der Waals surface area contributed by atoms with Gasteiger partial charge in [-0.05, 0) is 24.3 Å². The number of aromatic nitrogens is 1. The molecule has 1 amide bonds. The van der Waals surface area contributed by atoms with Crippen LogP contribution in [0.4, 0.5) is 10.1 Å². The maximum absolute atomic E-state index is 13.3. The van der Waals surface area contributed by atoms with Gasteiger partial charge in [-0.1, -0.05) is 12.1 Å². The van der Waals surface area contributed by atoms with Crippen LogP contribution >= 0.6 is 11.8 Å². The summed E-state index contributed by atoms with van der Waals surface area (Å²) in [5.41, 5.74) is 0.206. The summed E-state index contributed by atoms with van der Waals surface area (Å²) in [5, 5.41) is 2.53. The topological polar surface area (TPSA) is 42.0 Å². The Bertz CT molecular complexity index is 534. The summed E-state index contributed by atoms with van der Waals surface area (Å²) < 4.78 is 13.3. The second kappa shape index (κ2) is 6.16. The van der Waals surface area contributed by atoms with E-state index in [1.54, 1.807) is 24.5 Å². The van der Waals surface area contributed by atoms with Gasteiger partial charge in [0.05, 0.1) is 11.4 Å². The number of carbonyl (C=O) groups excluding carboxylic acids is 1. The molecule has 0 spiro atoms. The maximum Gasteiger partial charge on any atom is 0.234 e. The molecular weight excluding hydrogens is 251 g/mol. The lowest BCUT2D eigenvalue weighted by Gasteiger charge is -2.05. The highest BCUT2D eigenvalue weighted by Gasteiger charge is 2.06. The normalized spacial score (nSPS) is 10.1. The summed E-state index contributed by atoms with van der Waals surface area (Å²) in [5.74, 6) is -0.431. The molecule has 5 heteroatoms. The number of anilines is 1. The molecule has 1 aromatic carbocycles. The minimum absolute atomic E-state index is 0.206. The van der Waals surface area contributed by atoms with Crippen molar-refractivity contribution in [1.29, 1.82) is 0 Å². The molecule has 0 bridgehead atoms. The first-order valence-corrected chi connectivity index (χ1v) is 6.31. The Kier molecular flexibility index (Phi) is 4.30. The van der Waals surface area contributed by atoms with Crippen molar-refractivity contribution < 1.29 is 9.18 Å². The summed E-state index contributed by atoms with van der Waals surface area (Å²) in [6, 6.07) is 9.74. The quantitative estimate of drug-likeness (QED) is 0.861. The number of rotatable bonds is 4. The second-order valence-electron chi connectivity index (χ2n) is 3.50. The predicted octanol–water partition coefficient (Wildman–Crippen LogP) is 2.95. The highest BCUT2D eigenvalue weighted by molar-refractivity contribution is 8.00. The number of nitrogens with one attached hydrogen (secondary N) is 1. The van der Waals surface area contributed by atoms with Gasteiger partial charge in [-0.25, -0.2) is 4.39 Å². The summed E-state index contributed by atoms with van der Waals surface area (Å²) >= 11 is 1.38. The van der Waals surface area contributed by atoms with Crippen molar-refractivity contribution in [2.24, 2.45) is 0 Å². The maximum atomic E-state index is 13.3. The van der Waals surface area contributed by atoms with Gasteiger partial charge < -0.3 is 5.32 Å². The molecule has 0 saturated heterocycles. The number of benzene rings is 1. The van der Waals surface area contributed by atoms with E-state index in [-0.39, 0.29) is 17.3 Å². The molecule has 1 N–H and O–H groups in total. The van der Waals surface area contributed by atoms with Gasteiger partial charge >= 0.3 is 0 Å². The summed E-state index contributed by atoms with van der Waals surface area (Å²) in [4.78, 5) is 16.5. The van der Waals surface area contributed by atoms with E-state index in [4.69, 9.17) is 0 Å². The van der Waals surface area contributed by atoms with Crippen LogP contribution in [-0.4, -0.2) is 16.6 Å². The third-order valence-corrected chi connectivity index (χ3v) is 3.18. The molecule has 0 saturated carbocycles. The van der Waals surface area contributed by atoms with Crippen molar-refractivity contribution in [1.82, 2.24) is 4.98 Å². The van der Waals surface area contributed by atoms with E-state index in [2.05, 4.69) is 10.3 Å². The van der Waals surface area contributed by atoms with Crippen LogP contribution < -0.4 is 5.32 Å². The number of halogens is 1. The summed E-state index contributed by atoms with van der Waals surface area (Å²) in [6.45, 7) is 0. The minimum atomic E-state index is -0.431. The largest absolute Gasteiger partial charge is 0.323 e. The zero-order chi connectivity index (χ0) is 12.8. The molecule has 0 aliphatic heterocycles. The number of hydrogen-bond acceptors (Lipinski definition) is 3. The van der Waals surface area contributed by atoms with Crippen LogP contribution in [0.5, 0.6) is 0 Å². The molecule has 0 radical (unpaired) electrons. The average molecular weight is 262 g/mol. The number of hydrogen-bond donors (Lipinski definition) is 1. The first kappa shape index (κ1) is 12.6. The van der Waals surface area contributed by atoms with Crippen LogP contribution in [0.3, 0.4) is 0 Å².